The van der Waals surface area contributed by atoms with Crippen LogP contribution in [0, 0.1) is 0 Å². The predicted molar refractivity (Wildman–Crippen MR) is 94.2 cm³/mol. The molecule has 0 saturated heterocycles. The average molecular weight is 373 g/mol. The molecule has 1 aromatic heterocycles. The van der Waals surface area contributed by atoms with E-state index in [-0.39, 0.29) is 23.7 Å². The van der Waals surface area contributed by atoms with E-state index in [1.54, 1.807) is 18.5 Å². The second-order valence-corrected chi connectivity index (χ2v) is 7.14. The Kier molecular flexibility index (Phi) is 6.33. The van der Waals surface area contributed by atoms with Gasteiger partial charge in [0.2, 0.25) is 5.91 Å². The van der Waals surface area contributed by atoms with Gasteiger partial charge in [-0.2, -0.15) is 0 Å². The molecule has 1 aromatic carbocycles. The lowest BCUT2D eigenvalue weighted by molar-refractivity contribution is -0.119. The minimum Gasteiger partial charge on any atom is -0.349 e. The summed E-state index contributed by atoms with van der Waals surface area (Å²) in [5.74, 6) is 0.174. The summed E-state index contributed by atoms with van der Waals surface area (Å²) in [7, 11) is 0. The Balaban J connectivity index is 1.93. The van der Waals surface area contributed by atoms with Gasteiger partial charge in [0.15, 0.2) is 5.16 Å². The maximum Gasteiger partial charge on any atom is 0.230 e. The minimum atomic E-state index is -0.198. The first-order chi connectivity index (χ1) is 10.9. The third-order valence-electron chi connectivity index (χ3n) is 3.24. The molecule has 0 aliphatic heterocycles. The Morgan fingerprint density at radius 1 is 1.35 bits per heavy atom. The number of nitrogens with one attached hydrogen (secondary N) is 1. The number of halogens is 2. The van der Waals surface area contributed by atoms with Crippen molar-refractivity contribution in [3.8, 4) is 0 Å². The van der Waals surface area contributed by atoms with Crippen LogP contribution in [0.15, 0.2) is 29.7 Å². The van der Waals surface area contributed by atoms with E-state index in [1.165, 1.54) is 11.8 Å². The van der Waals surface area contributed by atoms with Gasteiger partial charge in [-0.1, -0.05) is 41.0 Å². The van der Waals surface area contributed by atoms with E-state index in [2.05, 4.69) is 15.5 Å². The van der Waals surface area contributed by atoms with Crippen LogP contribution in [0.2, 0.25) is 10.0 Å². The second kappa shape index (κ2) is 8.04. The summed E-state index contributed by atoms with van der Waals surface area (Å²) in [5, 5.41) is 12.7. The van der Waals surface area contributed by atoms with E-state index in [9.17, 15) is 4.79 Å². The Labute approximate surface area is 149 Å². The Bertz CT molecular complexity index is 690. The quantitative estimate of drug-likeness (QED) is 0.774. The monoisotopic (exact) mass is 372 g/mol. The number of nitrogens with zero attached hydrogens (tertiary/aromatic N) is 3. The molecule has 0 unspecified atom stereocenters. The maximum absolute atomic E-state index is 12.1. The van der Waals surface area contributed by atoms with E-state index >= 15 is 0 Å². The molecule has 2 aromatic rings. The van der Waals surface area contributed by atoms with Gasteiger partial charge in [0.05, 0.1) is 11.8 Å². The van der Waals surface area contributed by atoms with Crippen LogP contribution in [0.4, 0.5) is 0 Å². The third kappa shape index (κ3) is 4.86. The zero-order valence-electron chi connectivity index (χ0n) is 13.1. The Hall–Kier alpha value is -1.24. The van der Waals surface area contributed by atoms with Gasteiger partial charge in [0.25, 0.3) is 0 Å². The first kappa shape index (κ1) is 18.1. The van der Waals surface area contributed by atoms with Crippen LogP contribution in [-0.4, -0.2) is 26.4 Å². The summed E-state index contributed by atoms with van der Waals surface area (Å²) >= 11 is 13.4. The van der Waals surface area contributed by atoms with Gasteiger partial charge in [-0.3, -0.25) is 4.79 Å². The number of hydrogen-bond donors (Lipinski definition) is 1. The molecule has 0 aliphatic carbocycles. The molecule has 5 nitrogen and oxygen atoms in total. The Morgan fingerprint density at radius 3 is 2.74 bits per heavy atom. The topological polar surface area (TPSA) is 59.8 Å². The van der Waals surface area contributed by atoms with E-state index in [1.807, 2.05) is 31.4 Å². The molecule has 2 rings (SSSR count). The van der Waals surface area contributed by atoms with Crippen molar-refractivity contribution in [1.82, 2.24) is 20.1 Å². The number of hydrogen-bond acceptors (Lipinski definition) is 4. The van der Waals surface area contributed by atoms with Crippen LogP contribution in [0.3, 0.4) is 0 Å². The molecule has 1 heterocycles. The van der Waals surface area contributed by atoms with Crippen molar-refractivity contribution in [2.24, 2.45) is 0 Å². The fourth-order valence-corrected chi connectivity index (χ4v) is 3.46. The van der Waals surface area contributed by atoms with Crippen molar-refractivity contribution in [2.75, 3.05) is 5.75 Å². The fraction of sp³-hybridized carbons (Fsp3) is 0.400. The highest BCUT2D eigenvalue weighted by Gasteiger charge is 2.15. The van der Waals surface area contributed by atoms with Gasteiger partial charge in [-0.25, -0.2) is 0 Å². The van der Waals surface area contributed by atoms with Crippen LogP contribution in [-0.2, 0) is 4.79 Å². The standard InChI is InChI=1S/C15H18Cl2N4OS/c1-9(2)21-8-18-20-15(21)23-7-14(22)19-10(3)12-5-4-11(16)6-13(12)17/h4-6,8-10H,7H2,1-3H3,(H,19,22)/t10-/m0/s1. The first-order valence-electron chi connectivity index (χ1n) is 7.15. The van der Waals surface area contributed by atoms with Crippen molar-refractivity contribution < 1.29 is 4.79 Å². The normalized spacial score (nSPS) is 12.4. The molecule has 0 radical (unpaired) electrons. The summed E-state index contributed by atoms with van der Waals surface area (Å²) < 4.78 is 1.93. The summed E-state index contributed by atoms with van der Waals surface area (Å²) in [6.45, 7) is 5.96. The minimum absolute atomic E-state index is 0.0909. The zero-order valence-corrected chi connectivity index (χ0v) is 15.4. The van der Waals surface area contributed by atoms with Gasteiger partial charge in [0, 0.05) is 16.1 Å². The van der Waals surface area contributed by atoms with Crippen LogP contribution < -0.4 is 5.32 Å². The molecule has 1 amide bonds. The molecule has 0 aliphatic rings. The van der Waals surface area contributed by atoms with E-state index in [0.717, 1.165) is 10.7 Å². The van der Waals surface area contributed by atoms with Crippen molar-refractivity contribution in [2.45, 2.75) is 38.0 Å². The van der Waals surface area contributed by atoms with E-state index in [0.29, 0.717) is 10.0 Å². The number of thioether (sulfide) groups is 1. The SMILES string of the molecule is CC(C)n1cnnc1SCC(=O)N[C@@H](C)c1ccc(Cl)cc1Cl. The largest absolute Gasteiger partial charge is 0.349 e. The predicted octanol–water partition coefficient (Wildman–Crippen LogP) is 4.14. The summed E-state index contributed by atoms with van der Waals surface area (Å²) in [6, 6.07) is 5.29. The lowest BCUT2D eigenvalue weighted by Crippen LogP contribution is -2.28. The first-order valence-corrected chi connectivity index (χ1v) is 8.89. The van der Waals surface area contributed by atoms with Gasteiger partial charge in [-0.05, 0) is 38.5 Å². The highest BCUT2D eigenvalue weighted by molar-refractivity contribution is 7.99. The molecule has 0 bridgehead atoms. The molecule has 23 heavy (non-hydrogen) atoms. The number of aromatic nitrogens is 3. The van der Waals surface area contributed by atoms with Gasteiger partial charge in [0.1, 0.15) is 6.33 Å². The van der Waals surface area contributed by atoms with Crippen molar-refractivity contribution in [3.05, 3.63) is 40.1 Å². The molecule has 1 N–H and O–H groups in total. The van der Waals surface area contributed by atoms with Gasteiger partial charge in [-0.15, -0.1) is 10.2 Å². The lowest BCUT2D eigenvalue weighted by Gasteiger charge is -2.16. The Morgan fingerprint density at radius 2 is 2.09 bits per heavy atom. The average Bonchev–Trinajstić information content (AvgIpc) is 2.93. The van der Waals surface area contributed by atoms with Crippen LogP contribution in [0.25, 0.3) is 0 Å². The zero-order chi connectivity index (χ0) is 17.0. The number of carbonyl (C=O) groups is 1. The van der Waals surface area contributed by atoms with Gasteiger partial charge < -0.3 is 9.88 Å². The van der Waals surface area contributed by atoms with Crippen molar-refractivity contribution in [3.63, 3.8) is 0 Å². The summed E-state index contributed by atoms with van der Waals surface area (Å²) in [5.41, 5.74) is 0.833. The molecule has 8 heteroatoms. The molecule has 0 fully saturated rings. The molecule has 0 spiro atoms. The van der Waals surface area contributed by atoms with Gasteiger partial charge >= 0.3 is 0 Å². The van der Waals surface area contributed by atoms with E-state index in [4.69, 9.17) is 23.2 Å². The van der Waals surface area contributed by atoms with Crippen LogP contribution in [0.5, 0.6) is 0 Å². The number of amides is 1. The molecule has 0 saturated carbocycles. The highest BCUT2D eigenvalue weighted by Crippen LogP contribution is 2.26. The lowest BCUT2D eigenvalue weighted by atomic mass is 10.1. The number of rotatable bonds is 6. The van der Waals surface area contributed by atoms with Crippen molar-refractivity contribution >= 4 is 40.9 Å². The second-order valence-electron chi connectivity index (χ2n) is 5.36. The molecular weight excluding hydrogens is 355 g/mol. The maximum atomic E-state index is 12.1. The summed E-state index contributed by atoms with van der Waals surface area (Å²) in [6.07, 6.45) is 1.67. The van der Waals surface area contributed by atoms with E-state index < -0.39 is 0 Å². The third-order valence-corrected chi connectivity index (χ3v) is 4.76. The number of carbonyl (C=O) groups excluding carboxylic acids is 1. The highest BCUT2D eigenvalue weighted by atomic mass is 35.5. The molecule has 124 valence electrons. The summed E-state index contributed by atoms with van der Waals surface area (Å²) in [4.78, 5) is 12.1. The number of benzene rings is 1. The fourth-order valence-electron chi connectivity index (χ4n) is 2.03. The van der Waals surface area contributed by atoms with Crippen molar-refractivity contribution in [1.29, 1.82) is 0 Å². The molecular formula is C15H18Cl2N4OS. The van der Waals surface area contributed by atoms with Crippen LogP contribution >= 0.6 is 35.0 Å². The smallest absolute Gasteiger partial charge is 0.230 e. The molecule has 1 atom stereocenters. The van der Waals surface area contributed by atoms with Crippen LogP contribution in [0.1, 0.15) is 38.4 Å².